The van der Waals surface area contributed by atoms with Crippen LogP contribution in [-0.2, 0) is 4.79 Å². The quantitative estimate of drug-likeness (QED) is 0.528. The lowest BCUT2D eigenvalue weighted by atomic mass is 9.92. The summed E-state index contributed by atoms with van der Waals surface area (Å²) in [4.78, 5) is 12.9. The number of rotatable bonds is 5. The first-order valence-corrected chi connectivity index (χ1v) is 12.0. The summed E-state index contributed by atoms with van der Waals surface area (Å²) in [6.45, 7) is 20.8. The maximum Gasteiger partial charge on any atom is 0.135 e. The smallest absolute Gasteiger partial charge is 0.135 e. The zero-order valence-corrected chi connectivity index (χ0v) is 21.4. The Morgan fingerprint density at radius 1 is 1.23 bits per heavy atom. The maximum absolute atomic E-state index is 12.1. The molecule has 1 saturated heterocycles. The van der Waals surface area contributed by atoms with Crippen molar-refractivity contribution in [3.63, 3.8) is 0 Å². The van der Waals surface area contributed by atoms with E-state index < -0.39 is 0 Å². The summed E-state index contributed by atoms with van der Waals surface area (Å²) >= 11 is 1.76. The van der Waals surface area contributed by atoms with Gasteiger partial charge in [-0.1, -0.05) is 69.3 Å². The van der Waals surface area contributed by atoms with Crippen LogP contribution >= 0.6 is 11.8 Å². The summed E-state index contributed by atoms with van der Waals surface area (Å²) in [6.07, 6.45) is 3.55. The van der Waals surface area contributed by atoms with Gasteiger partial charge in [0.2, 0.25) is 0 Å². The highest BCUT2D eigenvalue weighted by molar-refractivity contribution is 8.05. The fourth-order valence-electron chi connectivity index (χ4n) is 2.28. The molecule has 2 N–H and O–H groups in total. The molecule has 1 aliphatic heterocycles. The molecule has 31 heavy (non-hydrogen) atoms. The summed E-state index contributed by atoms with van der Waals surface area (Å²) in [7, 11) is 0. The van der Waals surface area contributed by atoms with Crippen LogP contribution in [0.5, 0.6) is 0 Å². The minimum Gasteiger partial charge on any atom is -0.367 e. The van der Waals surface area contributed by atoms with Gasteiger partial charge in [0.05, 0.1) is 5.03 Å². The Hall–Kier alpha value is -1.59. The van der Waals surface area contributed by atoms with Crippen LogP contribution in [0.3, 0.4) is 0 Å². The zero-order chi connectivity index (χ0) is 24.0. The molecule has 0 aliphatic carbocycles. The van der Waals surface area contributed by atoms with Crippen molar-refractivity contribution in [3.05, 3.63) is 58.2 Å². The first kappa shape index (κ1) is 29.4. The van der Waals surface area contributed by atoms with Gasteiger partial charge in [-0.3, -0.25) is 4.79 Å². The Labute approximate surface area is 194 Å². The van der Waals surface area contributed by atoms with E-state index in [1.165, 1.54) is 35.6 Å². The number of piperidine rings is 1. The highest BCUT2D eigenvalue weighted by Crippen LogP contribution is 2.26. The number of benzene rings is 1. The van der Waals surface area contributed by atoms with E-state index in [0.29, 0.717) is 0 Å². The van der Waals surface area contributed by atoms with Gasteiger partial charge < -0.3 is 10.6 Å². The molecular weight excluding hydrogens is 407 g/mol. The number of likely N-dealkylation sites (tertiary alicyclic amines) is 1. The van der Waals surface area contributed by atoms with Gasteiger partial charge in [-0.25, -0.2) is 4.39 Å². The second-order valence-electron chi connectivity index (χ2n) is 9.10. The minimum atomic E-state index is -0.171. The Morgan fingerprint density at radius 3 is 2.06 bits per heavy atom. The van der Waals surface area contributed by atoms with Gasteiger partial charge in [0, 0.05) is 18.5 Å². The number of ketones is 1. The molecule has 0 amide bonds. The van der Waals surface area contributed by atoms with Crippen LogP contribution in [0, 0.1) is 24.1 Å². The van der Waals surface area contributed by atoms with Crippen LogP contribution < -0.4 is 5.73 Å². The third-order valence-corrected chi connectivity index (χ3v) is 6.37. The third-order valence-electron chi connectivity index (χ3n) is 5.32. The number of hydrogen-bond donors (Lipinski definition) is 1. The highest BCUT2D eigenvalue weighted by Gasteiger charge is 2.18. The number of thioether (sulfide) groups is 1. The molecule has 5 heteroatoms. The van der Waals surface area contributed by atoms with Gasteiger partial charge in [-0.15, -0.1) is 0 Å². The fraction of sp³-hybridized carbons (Fsp3) is 0.577. The average Bonchev–Trinajstić information content (AvgIpc) is 2.74. The maximum atomic E-state index is 12.1. The molecule has 0 bridgehead atoms. The molecule has 2 rings (SSSR count). The Balaban J connectivity index is 0.000000499. The molecule has 1 fully saturated rings. The van der Waals surface area contributed by atoms with Crippen molar-refractivity contribution in [2.45, 2.75) is 67.7 Å². The number of aryl methyl sites for hydroxylation is 1. The van der Waals surface area contributed by atoms with Gasteiger partial charge in [-0.05, 0) is 70.0 Å². The molecule has 0 saturated carbocycles. The highest BCUT2D eigenvalue weighted by atomic mass is 32.2. The largest absolute Gasteiger partial charge is 0.367 e. The number of nitrogens with zero attached hydrogens (tertiary/aromatic N) is 1. The molecule has 0 atom stereocenters. The SMILES string of the molecule is C=C(S/C=C(\C)CC)N1CCC(CN)CC1.CC(=O)C(C)(C)C.Cc1ccc(F)cc1. The molecule has 176 valence electrons. The lowest BCUT2D eigenvalue weighted by Gasteiger charge is -2.33. The molecular formula is C26H43FN2OS. The predicted octanol–water partition coefficient (Wildman–Crippen LogP) is 6.93. The molecule has 3 nitrogen and oxygen atoms in total. The first-order chi connectivity index (χ1) is 14.4. The van der Waals surface area contributed by atoms with Crippen LogP contribution in [0.15, 0.2) is 46.9 Å². The van der Waals surface area contributed by atoms with Gasteiger partial charge in [-0.2, -0.15) is 0 Å². The molecule has 0 spiro atoms. The van der Waals surface area contributed by atoms with E-state index >= 15 is 0 Å². The second kappa shape index (κ2) is 15.3. The van der Waals surface area contributed by atoms with E-state index in [4.69, 9.17) is 5.73 Å². The molecule has 0 unspecified atom stereocenters. The summed E-state index contributed by atoms with van der Waals surface area (Å²) in [5.74, 6) is 0.796. The average molecular weight is 451 g/mol. The summed E-state index contributed by atoms with van der Waals surface area (Å²) in [5, 5.41) is 3.40. The number of allylic oxidation sites excluding steroid dienone is 1. The van der Waals surface area contributed by atoms with Crippen LogP contribution in [0.25, 0.3) is 0 Å². The van der Waals surface area contributed by atoms with Gasteiger partial charge in [0.1, 0.15) is 11.6 Å². The Bertz CT molecular complexity index is 663. The van der Waals surface area contributed by atoms with Gasteiger partial charge >= 0.3 is 0 Å². The summed E-state index contributed by atoms with van der Waals surface area (Å²) < 4.78 is 12.1. The van der Waals surface area contributed by atoms with Crippen LogP contribution in [0.4, 0.5) is 4.39 Å². The standard InChI is InChI=1S/C13H24N2S.C7H7F.C6H12O/c1-4-11(2)10-16-12(3)15-7-5-13(9-14)6-8-15;1-6-2-4-7(8)5-3-6;1-5(7)6(2,3)4/h10,13H,3-9,14H2,1-2H3;2-5H,1H3;1-4H3/b11-10+;;. The van der Waals surface area contributed by atoms with E-state index in [9.17, 15) is 9.18 Å². The van der Waals surface area contributed by atoms with Gasteiger partial charge in [0.15, 0.2) is 0 Å². The van der Waals surface area contributed by atoms with Crippen LogP contribution in [-0.4, -0.2) is 30.3 Å². The number of carbonyl (C=O) groups is 1. The molecule has 1 aromatic carbocycles. The third kappa shape index (κ3) is 14.2. The predicted molar refractivity (Wildman–Crippen MR) is 135 cm³/mol. The van der Waals surface area contributed by atoms with Gasteiger partial charge in [0.25, 0.3) is 0 Å². The summed E-state index contributed by atoms with van der Waals surface area (Å²) in [5.41, 5.74) is 8.06. The molecule has 1 aromatic rings. The van der Waals surface area contributed by atoms with E-state index in [2.05, 4.69) is 30.7 Å². The van der Waals surface area contributed by atoms with Crippen molar-refractivity contribution in [3.8, 4) is 0 Å². The first-order valence-electron chi connectivity index (χ1n) is 11.1. The van der Waals surface area contributed by atoms with Crippen molar-refractivity contribution in [1.82, 2.24) is 4.90 Å². The number of Topliss-reactive ketones (excluding diaryl/α,β-unsaturated/α-hetero) is 1. The zero-order valence-electron chi connectivity index (χ0n) is 20.6. The number of carbonyl (C=O) groups excluding carboxylic acids is 1. The van der Waals surface area contributed by atoms with Crippen LogP contribution in [0.1, 0.15) is 66.4 Å². The Kier molecular flexibility index (Phi) is 14.5. The normalized spacial score (nSPS) is 14.7. The van der Waals surface area contributed by atoms with Crippen molar-refractivity contribution < 1.29 is 9.18 Å². The number of halogens is 1. The Morgan fingerprint density at radius 2 is 1.71 bits per heavy atom. The fourth-order valence-corrected chi connectivity index (χ4v) is 3.11. The molecule has 1 heterocycles. The lowest BCUT2D eigenvalue weighted by Crippen LogP contribution is -2.34. The van der Waals surface area contributed by atoms with Crippen molar-refractivity contribution >= 4 is 17.5 Å². The van der Waals surface area contributed by atoms with Crippen LogP contribution in [0.2, 0.25) is 0 Å². The van der Waals surface area contributed by atoms with Crippen molar-refractivity contribution in [1.29, 1.82) is 0 Å². The number of hydrogen-bond acceptors (Lipinski definition) is 4. The minimum absolute atomic E-state index is 0.139. The topological polar surface area (TPSA) is 46.3 Å². The van der Waals surface area contributed by atoms with E-state index in [1.54, 1.807) is 30.8 Å². The molecule has 0 aromatic heterocycles. The molecule has 1 aliphatic rings. The monoisotopic (exact) mass is 450 g/mol. The van der Waals surface area contributed by atoms with E-state index in [-0.39, 0.29) is 17.0 Å². The van der Waals surface area contributed by atoms with E-state index in [1.807, 2.05) is 27.7 Å². The molecule has 0 radical (unpaired) electrons. The van der Waals surface area contributed by atoms with Crippen molar-refractivity contribution in [2.75, 3.05) is 19.6 Å². The van der Waals surface area contributed by atoms with Crippen molar-refractivity contribution in [2.24, 2.45) is 17.1 Å². The lowest BCUT2D eigenvalue weighted by molar-refractivity contribution is -0.124. The summed E-state index contributed by atoms with van der Waals surface area (Å²) in [6, 6.07) is 6.40. The number of nitrogens with two attached hydrogens (primary N) is 1. The second-order valence-corrected chi connectivity index (χ2v) is 10.0. The van der Waals surface area contributed by atoms with E-state index in [0.717, 1.165) is 37.5 Å².